The molecule has 0 unspecified atom stereocenters. The summed E-state index contributed by atoms with van der Waals surface area (Å²) in [5.41, 5.74) is 2.04. The molecule has 0 aliphatic rings. The molecule has 0 fully saturated rings. The Labute approximate surface area is 155 Å². The fraction of sp³-hybridized carbons (Fsp3) is 0.150. The smallest absolute Gasteiger partial charge is 0.337 e. The van der Waals surface area contributed by atoms with Crippen LogP contribution in [0.15, 0.2) is 54.6 Å². The molecule has 27 heavy (non-hydrogen) atoms. The predicted octanol–water partition coefficient (Wildman–Crippen LogP) is 3.42. The summed E-state index contributed by atoms with van der Waals surface area (Å²) in [4.78, 5) is 23.8. The van der Waals surface area contributed by atoms with Gasteiger partial charge in [-0.15, -0.1) is 0 Å². The van der Waals surface area contributed by atoms with E-state index in [2.05, 4.69) is 15.2 Å². The Morgan fingerprint density at radius 3 is 2.44 bits per heavy atom. The first-order valence-corrected chi connectivity index (χ1v) is 8.25. The number of anilines is 1. The second-order valence-electron chi connectivity index (χ2n) is 5.94. The first-order chi connectivity index (χ1) is 13.0. The topological polar surface area (TPSA) is 73.2 Å². The average Bonchev–Trinajstić information content (AvgIpc) is 3.02. The van der Waals surface area contributed by atoms with Crippen LogP contribution in [0.2, 0.25) is 0 Å². The maximum atomic E-state index is 13.8. The molecule has 0 saturated heterocycles. The van der Waals surface area contributed by atoms with E-state index in [1.54, 1.807) is 28.9 Å². The number of carbonyl (C=O) groups is 2. The van der Waals surface area contributed by atoms with E-state index in [0.717, 1.165) is 5.69 Å². The third-order valence-electron chi connectivity index (χ3n) is 4.07. The first kappa shape index (κ1) is 18.3. The lowest BCUT2D eigenvalue weighted by atomic mass is 10.1. The second kappa shape index (κ2) is 7.82. The van der Waals surface area contributed by atoms with Gasteiger partial charge in [0.15, 0.2) is 5.82 Å². The summed E-state index contributed by atoms with van der Waals surface area (Å²) in [6.07, 6.45) is 0. The molecule has 1 heterocycles. The minimum Gasteiger partial charge on any atom is -0.465 e. The Balaban J connectivity index is 1.72. The molecule has 0 aliphatic heterocycles. The molecule has 6 nitrogen and oxygen atoms in total. The monoisotopic (exact) mass is 367 g/mol. The number of hydrogen-bond acceptors (Lipinski definition) is 4. The van der Waals surface area contributed by atoms with Gasteiger partial charge < -0.3 is 10.1 Å². The lowest BCUT2D eigenvalue weighted by molar-refractivity contribution is 0.0600. The number of carbonyl (C=O) groups excluding carboxylic acids is 2. The molecule has 1 aromatic heterocycles. The van der Waals surface area contributed by atoms with Crippen LogP contribution < -0.4 is 5.32 Å². The van der Waals surface area contributed by atoms with Crippen molar-refractivity contribution in [1.29, 1.82) is 0 Å². The summed E-state index contributed by atoms with van der Waals surface area (Å²) in [6.45, 7) is 2.09. The number of nitrogens with one attached hydrogen (secondary N) is 1. The molecular weight excluding hydrogens is 349 g/mol. The highest BCUT2D eigenvalue weighted by Crippen LogP contribution is 2.15. The van der Waals surface area contributed by atoms with E-state index in [9.17, 15) is 14.0 Å². The average molecular weight is 367 g/mol. The van der Waals surface area contributed by atoms with Crippen LogP contribution in [-0.4, -0.2) is 28.8 Å². The van der Waals surface area contributed by atoms with Crippen LogP contribution in [0.4, 0.5) is 10.2 Å². The van der Waals surface area contributed by atoms with Crippen molar-refractivity contribution in [3.63, 3.8) is 0 Å². The normalized spacial score (nSPS) is 10.5. The van der Waals surface area contributed by atoms with Crippen LogP contribution in [0.3, 0.4) is 0 Å². The first-order valence-electron chi connectivity index (χ1n) is 8.25. The Hall–Kier alpha value is -3.48. The van der Waals surface area contributed by atoms with Gasteiger partial charge in [-0.05, 0) is 37.3 Å². The zero-order chi connectivity index (χ0) is 19.4. The second-order valence-corrected chi connectivity index (χ2v) is 5.94. The number of rotatable bonds is 5. The third kappa shape index (κ3) is 4.20. The molecule has 2 aromatic carbocycles. The van der Waals surface area contributed by atoms with Crippen LogP contribution in [0, 0.1) is 12.7 Å². The van der Waals surface area contributed by atoms with Gasteiger partial charge in [0, 0.05) is 22.9 Å². The summed E-state index contributed by atoms with van der Waals surface area (Å²) in [7, 11) is 1.29. The summed E-state index contributed by atoms with van der Waals surface area (Å²) in [5, 5.41) is 7.02. The summed E-state index contributed by atoms with van der Waals surface area (Å²) >= 11 is 0. The molecule has 3 rings (SSSR count). The Morgan fingerprint density at radius 2 is 1.78 bits per heavy atom. The number of aryl methyl sites for hydroxylation is 1. The van der Waals surface area contributed by atoms with Crippen molar-refractivity contribution >= 4 is 17.7 Å². The van der Waals surface area contributed by atoms with Crippen molar-refractivity contribution in [3.8, 4) is 0 Å². The van der Waals surface area contributed by atoms with Crippen molar-refractivity contribution in [1.82, 2.24) is 9.78 Å². The highest BCUT2D eigenvalue weighted by Gasteiger charge is 2.12. The van der Waals surface area contributed by atoms with E-state index in [1.165, 1.54) is 37.4 Å². The molecule has 138 valence electrons. The maximum absolute atomic E-state index is 13.8. The minimum absolute atomic E-state index is 0.266. The molecule has 0 bridgehead atoms. The van der Waals surface area contributed by atoms with Crippen molar-refractivity contribution in [3.05, 3.63) is 82.8 Å². The van der Waals surface area contributed by atoms with Gasteiger partial charge in [-0.25, -0.2) is 9.18 Å². The number of amides is 1. The standard InChI is InChI=1S/C20H18FN3O3/c1-13-11-18(23-24(13)12-16-5-3-4-6-17(16)21)22-19(25)14-7-9-15(10-8-14)20(26)27-2/h3-11H,12H2,1-2H3,(H,22,23,25). The number of aromatic nitrogens is 2. The number of halogens is 1. The van der Waals surface area contributed by atoms with Crippen molar-refractivity contribution in [2.75, 3.05) is 12.4 Å². The van der Waals surface area contributed by atoms with Crippen LogP contribution in [0.1, 0.15) is 32.0 Å². The molecule has 0 radical (unpaired) electrons. The fourth-order valence-electron chi connectivity index (χ4n) is 2.58. The predicted molar refractivity (Wildman–Crippen MR) is 98.2 cm³/mol. The molecule has 0 atom stereocenters. The number of nitrogens with zero attached hydrogens (tertiary/aromatic N) is 2. The van der Waals surface area contributed by atoms with E-state index in [4.69, 9.17) is 0 Å². The summed E-state index contributed by atoms with van der Waals surface area (Å²) < 4.78 is 20.1. The van der Waals surface area contributed by atoms with E-state index in [0.29, 0.717) is 22.5 Å². The molecule has 0 saturated carbocycles. The van der Waals surface area contributed by atoms with Gasteiger partial charge in [0.2, 0.25) is 0 Å². The fourth-order valence-corrected chi connectivity index (χ4v) is 2.58. The molecule has 7 heteroatoms. The highest BCUT2D eigenvalue weighted by molar-refractivity contribution is 6.04. The van der Waals surface area contributed by atoms with Crippen molar-refractivity contribution in [2.24, 2.45) is 0 Å². The van der Waals surface area contributed by atoms with Gasteiger partial charge in [0.25, 0.3) is 5.91 Å². The lowest BCUT2D eigenvalue weighted by Gasteiger charge is -2.06. The molecule has 1 N–H and O–H groups in total. The van der Waals surface area contributed by atoms with Gasteiger partial charge in [-0.3, -0.25) is 9.48 Å². The van der Waals surface area contributed by atoms with Gasteiger partial charge in [0.1, 0.15) is 5.82 Å². The largest absolute Gasteiger partial charge is 0.465 e. The van der Waals surface area contributed by atoms with Crippen LogP contribution in [0.25, 0.3) is 0 Å². The third-order valence-corrected chi connectivity index (χ3v) is 4.07. The number of ether oxygens (including phenoxy) is 1. The van der Waals surface area contributed by atoms with Crippen LogP contribution in [0.5, 0.6) is 0 Å². The Kier molecular flexibility index (Phi) is 5.30. The van der Waals surface area contributed by atoms with Crippen LogP contribution in [-0.2, 0) is 11.3 Å². The highest BCUT2D eigenvalue weighted by atomic mass is 19.1. The van der Waals surface area contributed by atoms with Gasteiger partial charge in [-0.1, -0.05) is 18.2 Å². The van der Waals surface area contributed by atoms with E-state index in [1.807, 2.05) is 6.92 Å². The zero-order valence-corrected chi connectivity index (χ0v) is 14.9. The SMILES string of the molecule is COC(=O)c1ccc(C(=O)Nc2cc(C)n(Cc3ccccc3F)n2)cc1. The van der Waals surface area contributed by atoms with E-state index in [-0.39, 0.29) is 18.3 Å². The van der Waals surface area contributed by atoms with Crippen molar-refractivity contribution < 1.29 is 18.7 Å². The molecular formula is C20H18FN3O3. The van der Waals surface area contributed by atoms with Crippen molar-refractivity contribution in [2.45, 2.75) is 13.5 Å². The molecule has 1 amide bonds. The quantitative estimate of drug-likeness (QED) is 0.702. The lowest BCUT2D eigenvalue weighted by Crippen LogP contribution is -2.13. The summed E-state index contributed by atoms with van der Waals surface area (Å²) in [6, 6.07) is 14.3. The van der Waals surface area contributed by atoms with E-state index < -0.39 is 5.97 Å². The number of benzene rings is 2. The molecule has 3 aromatic rings. The van der Waals surface area contributed by atoms with Gasteiger partial charge >= 0.3 is 5.97 Å². The zero-order valence-electron chi connectivity index (χ0n) is 14.9. The molecule has 0 aliphatic carbocycles. The van der Waals surface area contributed by atoms with E-state index >= 15 is 0 Å². The molecule has 0 spiro atoms. The Morgan fingerprint density at radius 1 is 1.11 bits per heavy atom. The minimum atomic E-state index is -0.468. The summed E-state index contributed by atoms with van der Waals surface area (Å²) in [5.74, 6) is -0.763. The van der Waals surface area contributed by atoms with Crippen LogP contribution >= 0.6 is 0 Å². The maximum Gasteiger partial charge on any atom is 0.337 e. The number of esters is 1. The number of methoxy groups -OCH3 is 1. The van der Waals surface area contributed by atoms with Gasteiger partial charge in [-0.2, -0.15) is 5.10 Å². The van der Waals surface area contributed by atoms with Gasteiger partial charge in [0.05, 0.1) is 19.2 Å². The number of hydrogen-bond donors (Lipinski definition) is 1. The Bertz CT molecular complexity index is 980.